The number of hydrogen-bond donors (Lipinski definition) is 4. The fourth-order valence-corrected chi connectivity index (χ4v) is 7.90. The number of nitriles is 1. The minimum atomic E-state index is -4.50. The quantitative estimate of drug-likeness (QED) is 0.148. The minimum absolute atomic E-state index is 0.0365. The maximum absolute atomic E-state index is 13.7. The molecule has 1 atom stereocenters. The Morgan fingerprint density at radius 1 is 1.14 bits per heavy atom. The van der Waals surface area contributed by atoms with Gasteiger partial charge < -0.3 is 31.2 Å². The number of amides is 2. The first-order chi connectivity index (χ1) is 23.7. The molecule has 2 amide bonds. The SMILES string of the molecule is COC(=O)C(CCC(N)=O)NC(=O)c1ccc(NCC#Cc2sc3c(NC4CCS(=O)(=O)CC4)cccc3c2CC(F)(F)F)c(OCC#N)c1. The van der Waals surface area contributed by atoms with Crippen molar-refractivity contribution in [2.24, 2.45) is 5.73 Å². The number of sulfone groups is 1. The third-order valence-corrected chi connectivity index (χ3v) is 10.6. The number of ether oxygens (including phenoxy) is 2. The molecule has 2 aromatic carbocycles. The van der Waals surface area contributed by atoms with Gasteiger partial charge in [-0.15, -0.1) is 11.3 Å². The Kier molecular flexibility index (Phi) is 12.6. The molecule has 4 rings (SSSR count). The molecule has 1 aliphatic rings. The van der Waals surface area contributed by atoms with Gasteiger partial charge in [0, 0.05) is 18.0 Å². The van der Waals surface area contributed by atoms with Crippen LogP contribution in [-0.2, 0) is 30.6 Å². The van der Waals surface area contributed by atoms with Crippen LogP contribution in [-0.4, -0.2) is 76.2 Å². The molecule has 1 saturated heterocycles. The number of carbonyl (C=O) groups is 3. The maximum atomic E-state index is 13.7. The summed E-state index contributed by atoms with van der Waals surface area (Å²) in [7, 11) is -1.96. The number of alkyl halides is 3. The second-order valence-electron chi connectivity index (χ2n) is 11.3. The van der Waals surface area contributed by atoms with Gasteiger partial charge in [-0.2, -0.15) is 18.4 Å². The Hall–Kier alpha value is -5.00. The molecule has 0 saturated carbocycles. The van der Waals surface area contributed by atoms with Gasteiger partial charge in [0.1, 0.15) is 27.7 Å². The minimum Gasteiger partial charge on any atom is -0.477 e. The molecule has 50 heavy (non-hydrogen) atoms. The van der Waals surface area contributed by atoms with Gasteiger partial charge in [0.15, 0.2) is 6.61 Å². The Labute approximate surface area is 290 Å². The van der Waals surface area contributed by atoms with E-state index < -0.39 is 46.3 Å². The summed E-state index contributed by atoms with van der Waals surface area (Å²) in [6.45, 7) is -0.419. The van der Waals surface area contributed by atoms with Gasteiger partial charge in [-0.05, 0) is 54.5 Å². The maximum Gasteiger partial charge on any atom is 0.393 e. The molecule has 0 spiro atoms. The highest BCUT2D eigenvalue weighted by Crippen LogP contribution is 2.39. The summed E-state index contributed by atoms with van der Waals surface area (Å²) < 4.78 is 75.5. The van der Waals surface area contributed by atoms with Crippen LogP contribution in [0.2, 0.25) is 0 Å². The number of esters is 1. The van der Waals surface area contributed by atoms with Crippen LogP contribution in [0, 0.1) is 23.2 Å². The van der Waals surface area contributed by atoms with Crippen molar-refractivity contribution in [1.82, 2.24) is 5.32 Å². The molecule has 0 radical (unpaired) electrons. The Morgan fingerprint density at radius 2 is 1.88 bits per heavy atom. The number of nitrogens with two attached hydrogens (primary N) is 1. The van der Waals surface area contributed by atoms with E-state index in [2.05, 4.69) is 32.5 Å². The van der Waals surface area contributed by atoms with Crippen LogP contribution in [0.4, 0.5) is 24.5 Å². The van der Waals surface area contributed by atoms with Gasteiger partial charge in [0.05, 0.1) is 52.5 Å². The van der Waals surface area contributed by atoms with Crippen LogP contribution in [0.15, 0.2) is 36.4 Å². The average molecular weight is 734 g/mol. The molecule has 1 aliphatic heterocycles. The lowest BCUT2D eigenvalue weighted by molar-refractivity contribution is -0.143. The number of primary amides is 1. The van der Waals surface area contributed by atoms with E-state index in [4.69, 9.17) is 15.7 Å². The van der Waals surface area contributed by atoms with Gasteiger partial charge >= 0.3 is 12.1 Å². The summed E-state index contributed by atoms with van der Waals surface area (Å²) in [4.78, 5) is 36.5. The number of benzene rings is 2. The molecule has 1 unspecified atom stereocenters. The van der Waals surface area contributed by atoms with Gasteiger partial charge in [-0.25, -0.2) is 13.2 Å². The van der Waals surface area contributed by atoms with Gasteiger partial charge in [-0.3, -0.25) is 9.59 Å². The van der Waals surface area contributed by atoms with Crippen LogP contribution in [0.3, 0.4) is 0 Å². The van der Waals surface area contributed by atoms with Crippen molar-refractivity contribution < 1.29 is 45.4 Å². The molecule has 1 aromatic heterocycles. The topological polar surface area (TPSA) is 190 Å². The smallest absolute Gasteiger partial charge is 0.393 e. The van der Waals surface area contributed by atoms with Crippen molar-refractivity contribution in [3.05, 3.63) is 52.4 Å². The van der Waals surface area contributed by atoms with E-state index in [9.17, 15) is 36.0 Å². The molecule has 0 bridgehead atoms. The molecule has 1 fully saturated rings. The van der Waals surface area contributed by atoms with Crippen molar-refractivity contribution >= 4 is 60.4 Å². The first-order valence-electron chi connectivity index (χ1n) is 15.3. The molecule has 12 nitrogen and oxygen atoms in total. The molecule has 5 N–H and O–H groups in total. The zero-order chi connectivity index (χ0) is 36.5. The van der Waals surface area contributed by atoms with E-state index in [1.54, 1.807) is 18.2 Å². The summed E-state index contributed by atoms with van der Waals surface area (Å²) in [5, 5.41) is 18.2. The summed E-state index contributed by atoms with van der Waals surface area (Å²) >= 11 is 1.11. The van der Waals surface area contributed by atoms with Gasteiger partial charge in [0.2, 0.25) is 5.91 Å². The molecule has 17 heteroatoms. The molecule has 3 aromatic rings. The standard InChI is InChI=1S/C33H34F3N5O7S2/c1-47-32(44)26(9-10-29(38)42)41-31(43)20-7-8-24(27(18-20)48-15-13-37)39-14-3-6-28-23(19-33(34,35)36)22-4-2-5-25(30(22)49-28)40-21-11-16-50(45,46)17-12-21/h2,4-5,7-8,18,21,26,39-40H,9-12,14-17,19H2,1H3,(H2,38,42)(H,41,43). The molecule has 0 aliphatic carbocycles. The van der Waals surface area contributed by atoms with E-state index in [-0.39, 0.29) is 65.3 Å². The highest BCUT2D eigenvalue weighted by Gasteiger charge is 2.32. The number of anilines is 2. The average Bonchev–Trinajstić information content (AvgIpc) is 3.40. The fourth-order valence-electron chi connectivity index (χ4n) is 5.24. The number of carbonyl (C=O) groups excluding carboxylic acids is 3. The molecule has 266 valence electrons. The lowest BCUT2D eigenvalue weighted by Gasteiger charge is -2.24. The van der Waals surface area contributed by atoms with Crippen molar-refractivity contribution in [2.75, 3.05) is 42.4 Å². The van der Waals surface area contributed by atoms with Crippen LogP contribution < -0.4 is 26.4 Å². The van der Waals surface area contributed by atoms with E-state index >= 15 is 0 Å². The van der Waals surface area contributed by atoms with Crippen LogP contribution in [0.5, 0.6) is 5.75 Å². The normalized spacial score (nSPS) is 14.8. The third kappa shape index (κ3) is 10.5. The highest BCUT2D eigenvalue weighted by atomic mass is 32.2. The zero-order valence-corrected chi connectivity index (χ0v) is 28.4. The number of fused-ring (bicyclic) bond motifs is 1. The number of hydrogen-bond acceptors (Lipinski definition) is 11. The molecule has 2 heterocycles. The van der Waals surface area contributed by atoms with E-state index in [0.29, 0.717) is 34.3 Å². The summed E-state index contributed by atoms with van der Waals surface area (Å²) in [6, 6.07) is 9.77. The fraction of sp³-hybridized carbons (Fsp3) is 0.394. The Balaban J connectivity index is 1.54. The van der Waals surface area contributed by atoms with Crippen molar-refractivity contribution in [2.45, 2.75) is 50.4 Å². The Morgan fingerprint density at radius 3 is 2.54 bits per heavy atom. The summed E-state index contributed by atoms with van der Waals surface area (Å²) in [5.74, 6) is 3.74. The van der Waals surface area contributed by atoms with E-state index in [1.807, 2.05) is 6.07 Å². The monoisotopic (exact) mass is 733 g/mol. The largest absolute Gasteiger partial charge is 0.477 e. The van der Waals surface area contributed by atoms with Crippen LogP contribution in [0.25, 0.3) is 10.1 Å². The van der Waals surface area contributed by atoms with Crippen molar-refractivity contribution in [1.29, 1.82) is 5.26 Å². The first-order valence-corrected chi connectivity index (χ1v) is 17.9. The highest BCUT2D eigenvalue weighted by molar-refractivity contribution is 7.91. The first kappa shape index (κ1) is 37.8. The Bertz CT molecular complexity index is 1950. The summed E-state index contributed by atoms with van der Waals surface area (Å²) in [5.41, 5.74) is 6.20. The van der Waals surface area contributed by atoms with Crippen molar-refractivity contribution in [3.63, 3.8) is 0 Å². The number of nitrogens with one attached hydrogen (secondary N) is 3. The predicted molar refractivity (Wildman–Crippen MR) is 181 cm³/mol. The number of rotatable bonds is 13. The van der Waals surface area contributed by atoms with Crippen molar-refractivity contribution in [3.8, 4) is 23.7 Å². The predicted octanol–water partition coefficient (Wildman–Crippen LogP) is 3.90. The number of halogens is 3. The second-order valence-corrected chi connectivity index (χ2v) is 14.6. The van der Waals surface area contributed by atoms with Crippen LogP contribution >= 0.6 is 11.3 Å². The van der Waals surface area contributed by atoms with E-state index in [0.717, 1.165) is 18.4 Å². The third-order valence-electron chi connectivity index (χ3n) is 7.69. The summed E-state index contributed by atoms with van der Waals surface area (Å²) in [6.07, 6.45) is -5.15. The van der Waals surface area contributed by atoms with Crippen LogP contribution in [0.1, 0.15) is 46.5 Å². The second kappa shape index (κ2) is 16.6. The zero-order valence-electron chi connectivity index (χ0n) is 26.8. The molecular formula is C33H34F3N5O7S2. The lowest BCUT2D eigenvalue weighted by atomic mass is 10.1. The van der Waals surface area contributed by atoms with E-state index in [1.165, 1.54) is 18.2 Å². The number of thiophene rings is 1. The van der Waals surface area contributed by atoms with Gasteiger partial charge in [-0.1, -0.05) is 24.0 Å². The lowest BCUT2D eigenvalue weighted by Crippen LogP contribution is -2.42. The molecular weight excluding hydrogens is 700 g/mol. The number of methoxy groups -OCH3 is 1. The van der Waals surface area contributed by atoms with Gasteiger partial charge in [0.25, 0.3) is 5.91 Å². The number of nitrogens with zero attached hydrogens (tertiary/aromatic N) is 1.